The van der Waals surface area contributed by atoms with Gasteiger partial charge in [-0.1, -0.05) is 11.6 Å². The van der Waals surface area contributed by atoms with Crippen molar-refractivity contribution in [3.63, 3.8) is 0 Å². The number of rotatable bonds is 3. The number of ether oxygens (including phenoxy) is 1. The van der Waals surface area contributed by atoms with E-state index in [2.05, 4.69) is 0 Å². The first kappa shape index (κ1) is 15.5. The van der Waals surface area contributed by atoms with Crippen molar-refractivity contribution in [1.29, 1.82) is 0 Å². The van der Waals surface area contributed by atoms with E-state index in [1.54, 1.807) is 25.1 Å². The molecule has 0 aliphatic rings. The number of Topliss-reactive ketones (excluding diaryl/α,β-unsaturated/α-hetero) is 1. The standard InChI is InChI=1S/C17H16ClFO2/c1-9-7-16(14(12(4)20)8-15(9)19)21-17-10(2)5-13(18)6-11(17)3/h5-8H,1-4H3. The van der Waals surface area contributed by atoms with E-state index in [4.69, 9.17) is 16.3 Å². The molecule has 2 rings (SSSR count). The van der Waals surface area contributed by atoms with Gasteiger partial charge in [-0.3, -0.25) is 4.79 Å². The molecular formula is C17H16ClFO2. The predicted octanol–water partition coefficient (Wildman–Crippen LogP) is 5.40. The number of aryl methyl sites for hydroxylation is 3. The van der Waals surface area contributed by atoms with Gasteiger partial charge < -0.3 is 4.74 Å². The molecule has 0 N–H and O–H groups in total. The van der Waals surface area contributed by atoms with Crippen molar-refractivity contribution in [3.8, 4) is 11.5 Å². The third-order valence-electron chi connectivity index (χ3n) is 3.28. The molecule has 0 atom stereocenters. The highest BCUT2D eigenvalue weighted by molar-refractivity contribution is 6.30. The van der Waals surface area contributed by atoms with Gasteiger partial charge >= 0.3 is 0 Å². The summed E-state index contributed by atoms with van der Waals surface area (Å²) in [5.74, 6) is 0.327. The number of hydrogen-bond donors (Lipinski definition) is 0. The Morgan fingerprint density at radius 3 is 2.14 bits per heavy atom. The Kier molecular flexibility index (Phi) is 4.33. The molecule has 0 heterocycles. The molecule has 0 amide bonds. The zero-order chi connectivity index (χ0) is 15.7. The Balaban J connectivity index is 2.54. The highest BCUT2D eigenvalue weighted by Crippen LogP contribution is 2.34. The average molecular weight is 307 g/mol. The van der Waals surface area contributed by atoms with Crippen LogP contribution in [0.4, 0.5) is 4.39 Å². The number of benzene rings is 2. The maximum absolute atomic E-state index is 13.6. The topological polar surface area (TPSA) is 26.3 Å². The molecule has 110 valence electrons. The monoisotopic (exact) mass is 306 g/mol. The largest absolute Gasteiger partial charge is 0.456 e. The molecule has 0 unspecified atom stereocenters. The summed E-state index contributed by atoms with van der Waals surface area (Å²) in [6.07, 6.45) is 0. The van der Waals surface area contributed by atoms with E-state index in [1.807, 2.05) is 13.8 Å². The molecule has 0 radical (unpaired) electrons. The minimum absolute atomic E-state index is 0.229. The van der Waals surface area contributed by atoms with E-state index >= 15 is 0 Å². The number of ketones is 1. The summed E-state index contributed by atoms with van der Waals surface area (Å²) in [5, 5.41) is 0.624. The van der Waals surface area contributed by atoms with Crippen LogP contribution in [0.3, 0.4) is 0 Å². The highest BCUT2D eigenvalue weighted by Gasteiger charge is 2.15. The lowest BCUT2D eigenvalue weighted by Gasteiger charge is -2.15. The molecule has 0 aliphatic heterocycles. The highest BCUT2D eigenvalue weighted by atomic mass is 35.5. The van der Waals surface area contributed by atoms with Crippen molar-refractivity contribution in [2.75, 3.05) is 0 Å². The second-order valence-electron chi connectivity index (χ2n) is 5.12. The Morgan fingerprint density at radius 2 is 1.62 bits per heavy atom. The molecule has 2 nitrogen and oxygen atoms in total. The molecule has 4 heteroatoms. The van der Waals surface area contributed by atoms with Gasteiger partial charge in [-0.25, -0.2) is 4.39 Å². The fourth-order valence-corrected chi connectivity index (χ4v) is 2.51. The predicted molar refractivity (Wildman–Crippen MR) is 82.1 cm³/mol. The van der Waals surface area contributed by atoms with E-state index in [-0.39, 0.29) is 11.3 Å². The van der Waals surface area contributed by atoms with Gasteiger partial charge in [0, 0.05) is 5.02 Å². The lowest BCUT2D eigenvalue weighted by Crippen LogP contribution is -2.01. The molecule has 0 bridgehead atoms. The van der Waals surface area contributed by atoms with E-state index in [0.717, 1.165) is 11.1 Å². The van der Waals surface area contributed by atoms with Crippen molar-refractivity contribution < 1.29 is 13.9 Å². The molecule has 0 saturated carbocycles. The fourth-order valence-electron chi connectivity index (χ4n) is 2.18. The van der Waals surface area contributed by atoms with Gasteiger partial charge in [0.05, 0.1) is 5.56 Å². The quantitative estimate of drug-likeness (QED) is 0.710. The van der Waals surface area contributed by atoms with Crippen LogP contribution < -0.4 is 4.74 Å². The molecule has 21 heavy (non-hydrogen) atoms. The van der Waals surface area contributed by atoms with Gasteiger partial charge in [-0.05, 0) is 68.7 Å². The maximum atomic E-state index is 13.6. The van der Waals surface area contributed by atoms with Crippen LogP contribution in [0.5, 0.6) is 11.5 Å². The smallest absolute Gasteiger partial charge is 0.163 e. The SMILES string of the molecule is CC(=O)c1cc(F)c(C)cc1Oc1c(C)cc(Cl)cc1C. The number of carbonyl (C=O) groups is 1. The van der Waals surface area contributed by atoms with Crippen LogP contribution in [-0.4, -0.2) is 5.78 Å². The zero-order valence-electron chi connectivity index (χ0n) is 12.4. The summed E-state index contributed by atoms with van der Waals surface area (Å²) < 4.78 is 19.5. The third-order valence-corrected chi connectivity index (χ3v) is 3.50. The molecular weight excluding hydrogens is 291 g/mol. The Bertz CT molecular complexity index is 700. The molecule has 2 aromatic carbocycles. The molecule has 0 saturated heterocycles. The van der Waals surface area contributed by atoms with Crippen LogP contribution in [-0.2, 0) is 0 Å². The Morgan fingerprint density at radius 1 is 1.05 bits per heavy atom. The minimum Gasteiger partial charge on any atom is -0.456 e. The van der Waals surface area contributed by atoms with Crippen molar-refractivity contribution in [2.45, 2.75) is 27.7 Å². The van der Waals surface area contributed by atoms with Gasteiger partial charge in [-0.2, -0.15) is 0 Å². The lowest BCUT2D eigenvalue weighted by atomic mass is 10.1. The third kappa shape index (κ3) is 3.24. The summed E-state index contributed by atoms with van der Waals surface area (Å²) in [4.78, 5) is 11.7. The van der Waals surface area contributed by atoms with Gasteiger partial charge in [0.15, 0.2) is 5.78 Å². The lowest BCUT2D eigenvalue weighted by molar-refractivity contribution is 0.101. The normalized spacial score (nSPS) is 10.6. The van der Waals surface area contributed by atoms with Crippen molar-refractivity contribution >= 4 is 17.4 Å². The summed E-state index contributed by atoms with van der Waals surface area (Å²) in [7, 11) is 0. The van der Waals surface area contributed by atoms with Crippen molar-refractivity contribution in [1.82, 2.24) is 0 Å². The Labute approximate surface area is 128 Å². The first-order valence-electron chi connectivity index (χ1n) is 6.55. The van der Waals surface area contributed by atoms with Crippen LogP contribution in [0.25, 0.3) is 0 Å². The van der Waals surface area contributed by atoms with Crippen LogP contribution in [0, 0.1) is 26.6 Å². The van der Waals surface area contributed by atoms with Crippen molar-refractivity contribution in [3.05, 3.63) is 57.4 Å². The second-order valence-corrected chi connectivity index (χ2v) is 5.56. The minimum atomic E-state index is -0.419. The zero-order valence-corrected chi connectivity index (χ0v) is 13.1. The fraction of sp³-hybridized carbons (Fsp3) is 0.235. The molecule has 0 spiro atoms. The molecule has 2 aromatic rings. The van der Waals surface area contributed by atoms with Gasteiger partial charge in [0.25, 0.3) is 0 Å². The molecule has 0 aromatic heterocycles. The van der Waals surface area contributed by atoms with E-state index in [0.29, 0.717) is 22.1 Å². The van der Waals surface area contributed by atoms with Crippen LogP contribution in [0.1, 0.15) is 34.0 Å². The molecule has 0 fully saturated rings. The first-order valence-corrected chi connectivity index (χ1v) is 6.93. The number of carbonyl (C=O) groups excluding carboxylic acids is 1. The summed E-state index contributed by atoms with van der Waals surface area (Å²) in [6.45, 7) is 6.77. The average Bonchev–Trinajstić information content (AvgIpc) is 2.37. The number of halogens is 2. The van der Waals surface area contributed by atoms with Gasteiger partial charge in [0.1, 0.15) is 17.3 Å². The number of hydrogen-bond acceptors (Lipinski definition) is 2. The second kappa shape index (κ2) is 5.86. The van der Waals surface area contributed by atoms with Gasteiger partial charge in [-0.15, -0.1) is 0 Å². The van der Waals surface area contributed by atoms with Crippen LogP contribution in [0.15, 0.2) is 24.3 Å². The van der Waals surface area contributed by atoms with Crippen molar-refractivity contribution in [2.24, 2.45) is 0 Å². The summed E-state index contributed by atoms with van der Waals surface area (Å²) >= 11 is 5.99. The van der Waals surface area contributed by atoms with Crippen LogP contribution in [0.2, 0.25) is 5.02 Å². The maximum Gasteiger partial charge on any atom is 0.163 e. The van der Waals surface area contributed by atoms with Gasteiger partial charge in [0.2, 0.25) is 0 Å². The van der Waals surface area contributed by atoms with E-state index < -0.39 is 5.82 Å². The van der Waals surface area contributed by atoms with E-state index in [9.17, 15) is 9.18 Å². The Hall–Kier alpha value is -1.87. The first-order chi connectivity index (χ1) is 9.79. The van der Waals surface area contributed by atoms with E-state index in [1.165, 1.54) is 13.0 Å². The summed E-state index contributed by atoms with van der Waals surface area (Å²) in [6, 6.07) is 6.33. The summed E-state index contributed by atoms with van der Waals surface area (Å²) in [5.41, 5.74) is 2.37. The van der Waals surface area contributed by atoms with Crippen LogP contribution >= 0.6 is 11.6 Å². The molecule has 0 aliphatic carbocycles.